The number of carbonyl (C=O) groups is 2. The van der Waals surface area contributed by atoms with Crippen LogP contribution < -0.4 is 9.62 Å². The molecule has 0 fully saturated rings. The SMILES string of the molecule is Cc1ccc(N(CC(=O)N(Cc2ccccc2)[C@H](C)C(=O)NC(C)C)S(=O)(=O)c2ccc(Cl)cc2)cc1. The van der Waals surface area contributed by atoms with Crippen LogP contribution in [0.15, 0.2) is 83.8 Å². The number of carbonyl (C=O) groups excluding carboxylic acids is 2. The molecule has 0 spiro atoms. The minimum Gasteiger partial charge on any atom is -0.352 e. The van der Waals surface area contributed by atoms with Gasteiger partial charge in [0.2, 0.25) is 11.8 Å². The summed E-state index contributed by atoms with van der Waals surface area (Å²) in [6.45, 7) is 6.87. The largest absolute Gasteiger partial charge is 0.352 e. The van der Waals surface area contributed by atoms with E-state index in [-0.39, 0.29) is 23.4 Å². The van der Waals surface area contributed by atoms with Crippen molar-refractivity contribution in [2.75, 3.05) is 10.8 Å². The Hall–Kier alpha value is -3.36. The molecule has 3 rings (SSSR count). The molecule has 7 nitrogen and oxygen atoms in total. The molecule has 0 saturated heterocycles. The standard InChI is InChI=1S/C28H32ClN3O4S/c1-20(2)30-28(34)22(4)31(18-23-8-6-5-7-9-23)27(33)19-32(25-14-10-21(3)11-15-25)37(35,36)26-16-12-24(29)13-17-26/h5-17,20,22H,18-19H2,1-4H3,(H,30,34)/t22-/m1/s1. The Morgan fingerprint density at radius 2 is 1.49 bits per heavy atom. The molecule has 0 radical (unpaired) electrons. The first-order valence-corrected chi connectivity index (χ1v) is 13.8. The number of hydrogen-bond acceptors (Lipinski definition) is 4. The summed E-state index contributed by atoms with van der Waals surface area (Å²) in [6.07, 6.45) is 0. The van der Waals surface area contributed by atoms with Gasteiger partial charge in [-0.2, -0.15) is 0 Å². The summed E-state index contributed by atoms with van der Waals surface area (Å²) in [5, 5.41) is 3.24. The van der Waals surface area contributed by atoms with Crippen molar-refractivity contribution < 1.29 is 18.0 Å². The van der Waals surface area contributed by atoms with Gasteiger partial charge in [0.1, 0.15) is 12.6 Å². The van der Waals surface area contributed by atoms with Crippen LogP contribution in [0.2, 0.25) is 5.02 Å². The smallest absolute Gasteiger partial charge is 0.264 e. The first kappa shape index (κ1) is 28.2. The molecule has 3 aromatic rings. The van der Waals surface area contributed by atoms with E-state index in [4.69, 9.17) is 11.6 Å². The summed E-state index contributed by atoms with van der Waals surface area (Å²) in [5.74, 6) is -0.824. The minimum absolute atomic E-state index is 0.00508. The average Bonchev–Trinajstić information content (AvgIpc) is 2.86. The Balaban J connectivity index is 2.01. The van der Waals surface area contributed by atoms with Crippen LogP contribution in [0.3, 0.4) is 0 Å². The third-order valence-corrected chi connectivity index (χ3v) is 7.84. The van der Waals surface area contributed by atoms with Crippen molar-refractivity contribution in [1.82, 2.24) is 10.2 Å². The number of hydrogen-bond donors (Lipinski definition) is 1. The maximum Gasteiger partial charge on any atom is 0.264 e. The van der Waals surface area contributed by atoms with Crippen molar-refractivity contribution >= 4 is 39.1 Å². The summed E-state index contributed by atoms with van der Waals surface area (Å²) < 4.78 is 28.5. The molecule has 9 heteroatoms. The molecular formula is C28H32ClN3O4S. The van der Waals surface area contributed by atoms with Crippen LogP contribution >= 0.6 is 11.6 Å². The van der Waals surface area contributed by atoms with E-state index in [1.807, 2.05) is 51.1 Å². The molecule has 0 unspecified atom stereocenters. The van der Waals surface area contributed by atoms with Gasteiger partial charge in [0.15, 0.2) is 0 Å². The Kier molecular flexibility index (Phi) is 9.34. The molecule has 3 aromatic carbocycles. The number of sulfonamides is 1. The highest BCUT2D eigenvalue weighted by Gasteiger charge is 2.32. The number of amides is 2. The van der Waals surface area contributed by atoms with Gasteiger partial charge in [0, 0.05) is 17.6 Å². The van der Waals surface area contributed by atoms with Crippen LogP contribution in [0.25, 0.3) is 0 Å². The van der Waals surface area contributed by atoms with Crippen LogP contribution in [-0.2, 0) is 26.2 Å². The Bertz CT molecular complexity index is 1310. The molecule has 2 amide bonds. The zero-order valence-corrected chi connectivity index (χ0v) is 23.0. The van der Waals surface area contributed by atoms with Crippen LogP contribution in [0.1, 0.15) is 31.9 Å². The number of anilines is 1. The number of aryl methyl sites for hydroxylation is 1. The zero-order valence-electron chi connectivity index (χ0n) is 21.4. The lowest BCUT2D eigenvalue weighted by molar-refractivity contribution is -0.139. The van der Waals surface area contributed by atoms with E-state index < -0.39 is 28.5 Å². The first-order chi connectivity index (χ1) is 17.5. The van der Waals surface area contributed by atoms with Crippen molar-refractivity contribution in [3.05, 3.63) is 95.0 Å². The van der Waals surface area contributed by atoms with Crippen LogP contribution in [0.4, 0.5) is 5.69 Å². The number of nitrogens with zero attached hydrogens (tertiary/aromatic N) is 2. The molecule has 0 aliphatic heterocycles. The topological polar surface area (TPSA) is 86.8 Å². The van der Waals surface area contributed by atoms with Gasteiger partial charge >= 0.3 is 0 Å². The second-order valence-corrected chi connectivity index (χ2v) is 11.4. The fourth-order valence-corrected chi connectivity index (χ4v) is 5.28. The normalized spacial score (nSPS) is 12.2. The molecule has 0 heterocycles. The fourth-order valence-electron chi connectivity index (χ4n) is 3.74. The number of halogens is 1. The second kappa shape index (κ2) is 12.3. The Morgan fingerprint density at radius 3 is 2.05 bits per heavy atom. The van der Waals surface area contributed by atoms with Crippen molar-refractivity contribution in [2.24, 2.45) is 0 Å². The quantitative estimate of drug-likeness (QED) is 0.400. The summed E-state index contributed by atoms with van der Waals surface area (Å²) in [6, 6.07) is 21.0. The molecule has 1 atom stereocenters. The highest BCUT2D eigenvalue weighted by molar-refractivity contribution is 7.92. The maximum atomic E-state index is 13.8. The summed E-state index contributed by atoms with van der Waals surface area (Å²) >= 11 is 5.97. The number of benzene rings is 3. The predicted octanol–water partition coefficient (Wildman–Crippen LogP) is 4.79. The summed E-state index contributed by atoms with van der Waals surface area (Å²) in [4.78, 5) is 28.1. The van der Waals surface area contributed by atoms with E-state index in [0.29, 0.717) is 10.7 Å². The fraction of sp³-hybridized carbons (Fsp3) is 0.286. The van der Waals surface area contributed by atoms with Gasteiger partial charge in [-0.25, -0.2) is 8.42 Å². The summed E-state index contributed by atoms with van der Waals surface area (Å²) in [5.41, 5.74) is 2.11. The lowest BCUT2D eigenvalue weighted by atomic mass is 10.1. The Morgan fingerprint density at radius 1 is 0.892 bits per heavy atom. The van der Waals surface area contributed by atoms with Crippen LogP contribution in [0.5, 0.6) is 0 Å². The van der Waals surface area contributed by atoms with Gasteiger partial charge < -0.3 is 10.2 Å². The summed E-state index contributed by atoms with van der Waals surface area (Å²) in [7, 11) is -4.12. The molecular weight excluding hydrogens is 510 g/mol. The zero-order chi connectivity index (χ0) is 27.2. The van der Waals surface area contributed by atoms with Gasteiger partial charge in [-0.05, 0) is 69.7 Å². The highest BCUT2D eigenvalue weighted by atomic mass is 35.5. The maximum absolute atomic E-state index is 13.8. The molecule has 196 valence electrons. The minimum atomic E-state index is -4.12. The first-order valence-electron chi connectivity index (χ1n) is 12.0. The number of rotatable bonds is 10. The molecule has 37 heavy (non-hydrogen) atoms. The molecule has 0 aliphatic carbocycles. The van der Waals surface area contributed by atoms with Crippen molar-refractivity contribution in [2.45, 2.75) is 51.2 Å². The monoisotopic (exact) mass is 541 g/mol. The third kappa shape index (κ3) is 7.33. The van der Waals surface area contributed by atoms with Crippen molar-refractivity contribution in [3.63, 3.8) is 0 Å². The van der Waals surface area contributed by atoms with Crippen LogP contribution in [0, 0.1) is 6.92 Å². The van der Waals surface area contributed by atoms with Crippen LogP contribution in [-0.4, -0.2) is 43.8 Å². The van der Waals surface area contributed by atoms with E-state index in [2.05, 4.69) is 5.32 Å². The van der Waals surface area contributed by atoms with E-state index in [9.17, 15) is 18.0 Å². The predicted molar refractivity (Wildman–Crippen MR) is 147 cm³/mol. The van der Waals surface area contributed by atoms with E-state index in [1.54, 1.807) is 31.2 Å². The van der Waals surface area contributed by atoms with E-state index in [0.717, 1.165) is 15.4 Å². The Labute approximate surface area is 224 Å². The highest BCUT2D eigenvalue weighted by Crippen LogP contribution is 2.26. The second-order valence-electron chi connectivity index (χ2n) is 9.15. The number of nitrogens with one attached hydrogen (secondary N) is 1. The van der Waals surface area contributed by atoms with Gasteiger partial charge in [-0.15, -0.1) is 0 Å². The molecule has 0 aromatic heterocycles. The van der Waals surface area contributed by atoms with E-state index in [1.165, 1.54) is 29.2 Å². The van der Waals surface area contributed by atoms with E-state index >= 15 is 0 Å². The lowest BCUT2D eigenvalue weighted by Crippen LogP contribution is -2.52. The molecule has 0 bridgehead atoms. The third-order valence-electron chi connectivity index (χ3n) is 5.80. The van der Waals surface area contributed by atoms with Crippen molar-refractivity contribution in [3.8, 4) is 0 Å². The van der Waals surface area contributed by atoms with Gasteiger partial charge in [0.05, 0.1) is 10.6 Å². The molecule has 1 N–H and O–H groups in total. The van der Waals surface area contributed by atoms with Gasteiger partial charge in [0.25, 0.3) is 10.0 Å². The molecule has 0 aliphatic rings. The lowest BCUT2D eigenvalue weighted by Gasteiger charge is -2.32. The average molecular weight is 542 g/mol. The van der Waals surface area contributed by atoms with Gasteiger partial charge in [-0.1, -0.05) is 59.6 Å². The van der Waals surface area contributed by atoms with Crippen molar-refractivity contribution in [1.29, 1.82) is 0 Å². The van der Waals surface area contributed by atoms with Gasteiger partial charge in [-0.3, -0.25) is 13.9 Å². The molecule has 0 saturated carbocycles.